The fraction of sp³-hybridized carbons (Fsp3) is 0. The number of nitrogens with zero attached hydrogens (tertiary/aromatic N) is 2. The van der Waals surface area contributed by atoms with Gasteiger partial charge in [0.15, 0.2) is 5.52 Å². The zero-order valence-electron chi connectivity index (χ0n) is 12.0. The van der Waals surface area contributed by atoms with Gasteiger partial charge in [0.2, 0.25) is 10.0 Å². The van der Waals surface area contributed by atoms with E-state index in [-0.39, 0.29) is 26.9 Å². The van der Waals surface area contributed by atoms with Crippen molar-refractivity contribution >= 4 is 26.7 Å². The molecule has 0 aliphatic carbocycles. The summed E-state index contributed by atoms with van der Waals surface area (Å²) in [5, 5.41) is 16.2. The molecule has 2 N–H and O–H groups in total. The number of hydrogen-bond donors (Lipinski definition) is 1. The molecular formula is C15H10FN3O4S. The molecule has 7 nitrogen and oxygen atoms in total. The van der Waals surface area contributed by atoms with Crippen LogP contribution in [0.2, 0.25) is 0 Å². The maximum absolute atomic E-state index is 14.1. The molecule has 0 bridgehead atoms. The number of rotatable bonds is 3. The molecule has 0 radical (unpaired) electrons. The molecule has 0 aliphatic rings. The first-order valence-electron chi connectivity index (χ1n) is 6.65. The van der Waals surface area contributed by atoms with Gasteiger partial charge < -0.3 is 10.1 Å². The van der Waals surface area contributed by atoms with E-state index in [4.69, 9.17) is 5.14 Å². The number of halogens is 1. The van der Waals surface area contributed by atoms with Gasteiger partial charge in [-0.2, -0.15) is 0 Å². The molecule has 24 heavy (non-hydrogen) atoms. The van der Waals surface area contributed by atoms with Crippen molar-refractivity contribution in [3.8, 4) is 11.1 Å². The van der Waals surface area contributed by atoms with Gasteiger partial charge in [0.1, 0.15) is 5.82 Å². The van der Waals surface area contributed by atoms with Crippen LogP contribution in [0.25, 0.3) is 22.0 Å². The highest BCUT2D eigenvalue weighted by atomic mass is 32.2. The Hall–Kier alpha value is -2.91. The van der Waals surface area contributed by atoms with Gasteiger partial charge >= 0.3 is 5.82 Å². The van der Waals surface area contributed by atoms with E-state index < -0.39 is 26.6 Å². The third-order valence-electron chi connectivity index (χ3n) is 3.45. The second-order valence-electron chi connectivity index (χ2n) is 4.96. The fourth-order valence-electron chi connectivity index (χ4n) is 2.44. The largest absolute Gasteiger partial charge is 0.367 e. The van der Waals surface area contributed by atoms with Crippen molar-refractivity contribution in [3.63, 3.8) is 0 Å². The lowest BCUT2D eigenvalue weighted by atomic mass is 10.0. The summed E-state index contributed by atoms with van der Waals surface area (Å²) in [4.78, 5) is 13.8. The topological polar surface area (TPSA) is 116 Å². The molecule has 0 saturated carbocycles. The van der Waals surface area contributed by atoms with Crippen LogP contribution in [0.3, 0.4) is 0 Å². The number of para-hydroxylation sites is 1. The second-order valence-corrected chi connectivity index (χ2v) is 6.49. The van der Waals surface area contributed by atoms with Crippen molar-refractivity contribution in [2.75, 3.05) is 0 Å². The van der Waals surface area contributed by atoms with E-state index in [0.29, 0.717) is 0 Å². The molecule has 1 aromatic heterocycles. The molecule has 0 saturated heterocycles. The minimum absolute atomic E-state index is 0.0136. The van der Waals surface area contributed by atoms with Crippen LogP contribution in [0.1, 0.15) is 0 Å². The predicted octanol–water partition coefficient (Wildman–Crippen LogP) is 2.60. The lowest BCUT2D eigenvalue weighted by Gasteiger charge is -2.08. The van der Waals surface area contributed by atoms with Gasteiger partial charge in [0.25, 0.3) is 0 Å². The standard InChI is InChI=1S/C15H10FN3O4S/c16-12-8-14(19(20)21)18-15-10(5-3-6-11(12)15)9-4-1-2-7-13(9)24(17,22)23/h1-8H,(H2,17,22,23). The Balaban J connectivity index is 2.43. The van der Waals surface area contributed by atoms with Gasteiger partial charge in [0, 0.05) is 11.1 Å². The minimum atomic E-state index is -4.04. The highest BCUT2D eigenvalue weighted by molar-refractivity contribution is 7.89. The molecule has 9 heteroatoms. The summed E-state index contributed by atoms with van der Waals surface area (Å²) in [6.07, 6.45) is 0. The summed E-state index contributed by atoms with van der Waals surface area (Å²) in [5.41, 5.74) is 0.415. The Morgan fingerprint density at radius 2 is 1.75 bits per heavy atom. The first kappa shape index (κ1) is 16.0. The van der Waals surface area contributed by atoms with Crippen LogP contribution in [-0.2, 0) is 10.0 Å². The molecule has 1 heterocycles. The van der Waals surface area contributed by atoms with Crippen LogP contribution in [0.5, 0.6) is 0 Å². The van der Waals surface area contributed by atoms with Crippen LogP contribution in [0.4, 0.5) is 10.2 Å². The van der Waals surface area contributed by atoms with Gasteiger partial charge in [-0.25, -0.2) is 17.9 Å². The third kappa shape index (κ3) is 2.70. The number of pyridine rings is 1. The number of sulfonamides is 1. The lowest BCUT2D eigenvalue weighted by molar-refractivity contribution is -0.389. The normalized spacial score (nSPS) is 11.6. The van der Waals surface area contributed by atoms with Gasteiger partial charge in [0.05, 0.1) is 16.3 Å². The Bertz CT molecular complexity index is 1080. The lowest BCUT2D eigenvalue weighted by Crippen LogP contribution is -2.13. The van der Waals surface area contributed by atoms with Gasteiger partial charge in [-0.3, -0.25) is 0 Å². The van der Waals surface area contributed by atoms with Crippen molar-refractivity contribution in [3.05, 3.63) is 64.5 Å². The molecule has 0 aliphatic heterocycles. The average molecular weight is 347 g/mol. The number of hydrogen-bond acceptors (Lipinski definition) is 5. The highest BCUT2D eigenvalue weighted by Gasteiger charge is 2.22. The van der Waals surface area contributed by atoms with Gasteiger partial charge in [-0.15, -0.1) is 0 Å². The average Bonchev–Trinajstić information content (AvgIpc) is 2.53. The summed E-state index contributed by atoms with van der Waals surface area (Å²) in [7, 11) is -4.04. The third-order valence-corrected chi connectivity index (χ3v) is 4.42. The summed E-state index contributed by atoms with van der Waals surface area (Å²) >= 11 is 0. The fourth-order valence-corrected chi connectivity index (χ4v) is 3.20. The first-order valence-corrected chi connectivity index (χ1v) is 8.19. The molecule has 2 aromatic carbocycles. The number of nitro groups is 1. The monoisotopic (exact) mass is 347 g/mol. The molecule has 0 spiro atoms. The van der Waals surface area contributed by atoms with Crippen LogP contribution in [0, 0.1) is 15.9 Å². The molecule has 122 valence electrons. The minimum Gasteiger partial charge on any atom is -0.358 e. The highest BCUT2D eigenvalue weighted by Crippen LogP contribution is 2.33. The molecule has 0 amide bonds. The summed E-state index contributed by atoms with van der Waals surface area (Å²) in [6.45, 7) is 0. The van der Waals surface area contributed by atoms with E-state index in [1.54, 1.807) is 6.07 Å². The SMILES string of the molecule is NS(=O)(=O)c1ccccc1-c1cccc2c(F)cc([N+](=O)[O-])nc12. The Labute approximate surface area is 135 Å². The second kappa shape index (κ2) is 5.62. The van der Waals surface area contributed by atoms with Crippen LogP contribution >= 0.6 is 0 Å². The van der Waals surface area contributed by atoms with Crippen molar-refractivity contribution in [1.29, 1.82) is 0 Å². The van der Waals surface area contributed by atoms with E-state index >= 15 is 0 Å². The Morgan fingerprint density at radius 3 is 2.42 bits per heavy atom. The van der Waals surface area contributed by atoms with E-state index in [1.165, 1.54) is 36.4 Å². The maximum Gasteiger partial charge on any atom is 0.367 e. The molecule has 0 atom stereocenters. The van der Waals surface area contributed by atoms with Crippen LogP contribution in [-0.4, -0.2) is 18.3 Å². The number of fused-ring (bicyclic) bond motifs is 1. The predicted molar refractivity (Wildman–Crippen MR) is 85.2 cm³/mol. The summed E-state index contributed by atoms with van der Waals surface area (Å²) in [5.74, 6) is -1.48. The van der Waals surface area contributed by atoms with Gasteiger partial charge in [-0.05, 0) is 28.1 Å². The van der Waals surface area contributed by atoms with E-state index in [2.05, 4.69) is 4.98 Å². The molecule has 0 unspecified atom stereocenters. The van der Waals surface area contributed by atoms with Crippen LogP contribution < -0.4 is 5.14 Å². The Morgan fingerprint density at radius 1 is 1.08 bits per heavy atom. The quantitative estimate of drug-likeness (QED) is 0.577. The van der Waals surface area contributed by atoms with E-state index in [9.17, 15) is 22.9 Å². The zero-order chi connectivity index (χ0) is 17.5. The molecular weight excluding hydrogens is 337 g/mol. The van der Waals surface area contributed by atoms with Crippen molar-refractivity contribution in [2.45, 2.75) is 4.90 Å². The Kier molecular flexibility index (Phi) is 3.74. The summed E-state index contributed by atoms with van der Waals surface area (Å²) in [6, 6.07) is 11.0. The molecule has 3 rings (SSSR count). The van der Waals surface area contributed by atoms with Crippen molar-refractivity contribution < 1.29 is 17.7 Å². The molecule has 3 aromatic rings. The van der Waals surface area contributed by atoms with E-state index in [0.717, 1.165) is 6.07 Å². The number of aromatic nitrogens is 1. The smallest absolute Gasteiger partial charge is 0.358 e. The van der Waals surface area contributed by atoms with E-state index in [1.807, 2.05) is 0 Å². The van der Waals surface area contributed by atoms with Crippen molar-refractivity contribution in [1.82, 2.24) is 4.98 Å². The maximum atomic E-state index is 14.1. The number of nitrogens with two attached hydrogens (primary N) is 1. The van der Waals surface area contributed by atoms with Gasteiger partial charge in [-0.1, -0.05) is 24.3 Å². The zero-order valence-corrected chi connectivity index (χ0v) is 12.8. The number of benzene rings is 2. The van der Waals surface area contributed by atoms with Crippen LogP contribution in [0.15, 0.2) is 53.4 Å². The molecule has 0 fully saturated rings. The number of primary sulfonamides is 1. The first-order chi connectivity index (χ1) is 11.3. The summed E-state index contributed by atoms with van der Waals surface area (Å²) < 4.78 is 37.7. The van der Waals surface area contributed by atoms with Crippen molar-refractivity contribution in [2.24, 2.45) is 5.14 Å².